The maximum Gasteiger partial charge on any atom is 0.245 e. The number of carbonyl (C=O) groups excluding carboxylic acids is 4. The predicted molar refractivity (Wildman–Crippen MR) is 91.4 cm³/mol. The number of carbonyl (C=O) groups is 4. The van der Waals surface area contributed by atoms with E-state index in [1.165, 1.54) is 32.6 Å². The second-order valence-corrected chi connectivity index (χ2v) is 6.55. The third kappa shape index (κ3) is 5.95. The van der Waals surface area contributed by atoms with Crippen molar-refractivity contribution < 1.29 is 29.4 Å². The molecule has 1 saturated heterocycles. The highest BCUT2D eigenvalue weighted by molar-refractivity contribution is 5.94. The number of nitrogens with zero attached hydrogens (tertiary/aromatic N) is 1. The summed E-state index contributed by atoms with van der Waals surface area (Å²) in [7, 11) is 0. The normalized spacial score (nSPS) is 20.3. The summed E-state index contributed by atoms with van der Waals surface area (Å²) in [5.41, 5.74) is 0. The molecule has 0 unspecified atom stereocenters. The Balaban J connectivity index is 2.67. The van der Waals surface area contributed by atoms with E-state index in [0.717, 1.165) is 0 Å². The Hall–Kier alpha value is -2.20. The topological polar surface area (TPSA) is 148 Å². The predicted octanol–water partition coefficient (Wildman–Crippen LogP) is -2.18. The van der Waals surface area contributed by atoms with Gasteiger partial charge in [0, 0.05) is 13.5 Å². The molecule has 0 aromatic rings. The molecule has 26 heavy (non-hydrogen) atoms. The molecule has 0 saturated carbocycles. The summed E-state index contributed by atoms with van der Waals surface area (Å²) in [5, 5.41) is 25.6. The SMILES string of the molecule is CC(=O)N[C@@H](C)C(=O)N[C@@H](C)C(=O)N1CCC[C@H]1C(=O)N[C@@H](C)C(O)O. The van der Waals surface area contributed by atoms with E-state index < -0.39 is 48.2 Å². The Morgan fingerprint density at radius 3 is 2.15 bits per heavy atom. The van der Waals surface area contributed by atoms with Crippen LogP contribution in [0.2, 0.25) is 0 Å². The minimum atomic E-state index is -1.70. The molecule has 0 radical (unpaired) electrons. The number of nitrogens with one attached hydrogen (secondary N) is 3. The van der Waals surface area contributed by atoms with Gasteiger partial charge in [0.25, 0.3) is 0 Å². The second kappa shape index (κ2) is 9.48. The molecule has 0 aromatic carbocycles. The van der Waals surface area contributed by atoms with E-state index in [4.69, 9.17) is 10.2 Å². The van der Waals surface area contributed by atoms with Crippen molar-refractivity contribution in [3.8, 4) is 0 Å². The number of rotatable bonds is 7. The zero-order valence-corrected chi connectivity index (χ0v) is 15.5. The van der Waals surface area contributed by atoms with E-state index in [1.54, 1.807) is 0 Å². The fourth-order valence-corrected chi connectivity index (χ4v) is 2.72. The van der Waals surface area contributed by atoms with Crippen molar-refractivity contribution in [2.24, 2.45) is 0 Å². The molecule has 10 nitrogen and oxygen atoms in total. The van der Waals surface area contributed by atoms with Gasteiger partial charge in [0.15, 0.2) is 6.29 Å². The number of amides is 4. The second-order valence-electron chi connectivity index (χ2n) is 6.55. The van der Waals surface area contributed by atoms with Crippen LogP contribution in [0, 0.1) is 0 Å². The van der Waals surface area contributed by atoms with Crippen LogP contribution in [0.1, 0.15) is 40.5 Å². The molecule has 10 heteroatoms. The lowest BCUT2D eigenvalue weighted by molar-refractivity contribution is -0.142. The smallest absolute Gasteiger partial charge is 0.245 e. The van der Waals surface area contributed by atoms with E-state index in [1.807, 2.05) is 0 Å². The first-order valence-corrected chi connectivity index (χ1v) is 8.59. The highest BCUT2D eigenvalue weighted by atomic mass is 16.5. The molecule has 4 atom stereocenters. The molecule has 1 aliphatic rings. The lowest BCUT2D eigenvalue weighted by atomic mass is 10.1. The van der Waals surface area contributed by atoms with Gasteiger partial charge < -0.3 is 31.1 Å². The van der Waals surface area contributed by atoms with E-state index >= 15 is 0 Å². The Morgan fingerprint density at radius 2 is 1.62 bits per heavy atom. The highest BCUT2D eigenvalue weighted by Gasteiger charge is 2.37. The van der Waals surface area contributed by atoms with Crippen molar-refractivity contribution in [3.63, 3.8) is 0 Å². The van der Waals surface area contributed by atoms with Crippen LogP contribution in [0.3, 0.4) is 0 Å². The fraction of sp³-hybridized carbons (Fsp3) is 0.750. The van der Waals surface area contributed by atoms with Gasteiger partial charge in [-0.2, -0.15) is 0 Å². The lowest BCUT2D eigenvalue weighted by Gasteiger charge is -2.28. The van der Waals surface area contributed by atoms with Crippen LogP contribution in [-0.2, 0) is 19.2 Å². The van der Waals surface area contributed by atoms with Gasteiger partial charge in [-0.25, -0.2) is 0 Å². The standard InChI is InChI=1S/C16H28N4O6/c1-8(17-11(4)21)13(22)18-9(2)15(24)20-7-5-6-12(20)14(23)19-10(3)16(25)26/h8-10,12,16,25-26H,5-7H2,1-4H3,(H,17,21)(H,18,22)(H,19,23)/t8-,9-,10-,12-/m0/s1. The van der Waals surface area contributed by atoms with Crippen molar-refractivity contribution in [2.75, 3.05) is 6.54 Å². The van der Waals surface area contributed by atoms with Gasteiger partial charge in [-0.15, -0.1) is 0 Å². The lowest BCUT2D eigenvalue weighted by Crippen LogP contribution is -2.56. The van der Waals surface area contributed by atoms with Crippen LogP contribution < -0.4 is 16.0 Å². The van der Waals surface area contributed by atoms with Crippen molar-refractivity contribution in [2.45, 2.75) is 71.0 Å². The number of aliphatic hydroxyl groups excluding tert-OH is 1. The van der Waals surface area contributed by atoms with Crippen molar-refractivity contribution >= 4 is 23.6 Å². The summed E-state index contributed by atoms with van der Waals surface area (Å²) >= 11 is 0. The molecule has 1 aliphatic heterocycles. The highest BCUT2D eigenvalue weighted by Crippen LogP contribution is 2.19. The summed E-state index contributed by atoms with van der Waals surface area (Å²) in [5.74, 6) is -1.74. The molecule has 0 spiro atoms. The van der Waals surface area contributed by atoms with Crippen LogP contribution in [0.15, 0.2) is 0 Å². The first kappa shape index (κ1) is 21.8. The molecule has 0 bridgehead atoms. The van der Waals surface area contributed by atoms with Crippen molar-refractivity contribution in [3.05, 3.63) is 0 Å². The molecule has 1 rings (SSSR count). The molecule has 0 aliphatic carbocycles. The molecule has 1 fully saturated rings. The largest absolute Gasteiger partial charge is 0.366 e. The summed E-state index contributed by atoms with van der Waals surface area (Å²) in [6, 6.07) is -3.24. The average Bonchev–Trinajstić information content (AvgIpc) is 3.02. The summed E-state index contributed by atoms with van der Waals surface area (Å²) in [6.07, 6.45) is -0.615. The Morgan fingerprint density at radius 1 is 1.00 bits per heavy atom. The van der Waals surface area contributed by atoms with Gasteiger partial charge in [0.1, 0.15) is 18.1 Å². The molecule has 5 N–H and O–H groups in total. The quantitative estimate of drug-likeness (QED) is 0.321. The maximum atomic E-state index is 12.6. The summed E-state index contributed by atoms with van der Waals surface area (Å²) in [4.78, 5) is 49.3. The van der Waals surface area contributed by atoms with Crippen LogP contribution in [0.4, 0.5) is 0 Å². The van der Waals surface area contributed by atoms with E-state index in [-0.39, 0.29) is 5.91 Å². The summed E-state index contributed by atoms with van der Waals surface area (Å²) < 4.78 is 0. The number of aliphatic hydroxyl groups is 2. The third-order valence-corrected chi connectivity index (χ3v) is 4.20. The Kier molecular flexibility index (Phi) is 7.97. The Bertz CT molecular complexity index is 553. The minimum absolute atomic E-state index is 0.358. The monoisotopic (exact) mass is 372 g/mol. The van der Waals surface area contributed by atoms with Gasteiger partial charge in [0.05, 0.1) is 6.04 Å². The average molecular weight is 372 g/mol. The molecule has 1 heterocycles. The van der Waals surface area contributed by atoms with E-state index in [0.29, 0.717) is 19.4 Å². The maximum absolute atomic E-state index is 12.6. The fourth-order valence-electron chi connectivity index (χ4n) is 2.72. The first-order valence-electron chi connectivity index (χ1n) is 8.59. The van der Waals surface area contributed by atoms with Gasteiger partial charge in [0.2, 0.25) is 23.6 Å². The van der Waals surface area contributed by atoms with Gasteiger partial charge in [-0.1, -0.05) is 0 Å². The zero-order valence-electron chi connectivity index (χ0n) is 15.5. The van der Waals surface area contributed by atoms with Crippen LogP contribution in [0.5, 0.6) is 0 Å². The van der Waals surface area contributed by atoms with Gasteiger partial charge in [-0.3, -0.25) is 19.2 Å². The molecule has 148 valence electrons. The summed E-state index contributed by atoms with van der Waals surface area (Å²) in [6.45, 7) is 6.11. The van der Waals surface area contributed by atoms with Crippen molar-refractivity contribution in [1.82, 2.24) is 20.9 Å². The molecular weight excluding hydrogens is 344 g/mol. The van der Waals surface area contributed by atoms with Gasteiger partial charge in [-0.05, 0) is 33.6 Å². The minimum Gasteiger partial charge on any atom is -0.366 e. The van der Waals surface area contributed by atoms with Crippen LogP contribution >= 0.6 is 0 Å². The van der Waals surface area contributed by atoms with Gasteiger partial charge >= 0.3 is 0 Å². The van der Waals surface area contributed by atoms with Crippen LogP contribution in [-0.4, -0.2) is 75.7 Å². The Labute approximate surface area is 152 Å². The van der Waals surface area contributed by atoms with Crippen LogP contribution in [0.25, 0.3) is 0 Å². The van der Waals surface area contributed by atoms with E-state index in [9.17, 15) is 19.2 Å². The molecule has 0 aromatic heterocycles. The molecule has 4 amide bonds. The number of hydrogen-bond donors (Lipinski definition) is 5. The third-order valence-electron chi connectivity index (χ3n) is 4.20. The number of likely N-dealkylation sites (tertiary alicyclic amines) is 1. The van der Waals surface area contributed by atoms with Crippen molar-refractivity contribution in [1.29, 1.82) is 0 Å². The van der Waals surface area contributed by atoms with E-state index in [2.05, 4.69) is 16.0 Å². The molecular formula is C16H28N4O6. The first-order chi connectivity index (χ1) is 12.0. The zero-order chi connectivity index (χ0) is 20.0. The number of hydrogen-bond acceptors (Lipinski definition) is 6.